The highest BCUT2D eigenvalue weighted by Crippen LogP contribution is 2.31. The molecule has 1 atom stereocenters. The Kier molecular flexibility index (Phi) is 2.57. The minimum Gasteiger partial charge on any atom is -0.372 e. The van der Waals surface area contributed by atoms with E-state index in [1.54, 1.807) is 6.20 Å². The van der Waals surface area contributed by atoms with Crippen LogP contribution in [-0.4, -0.2) is 21.2 Å². The molecule has 16 heavy (non-hydrogen) atoms. The zero-order valence-electron chi connectivity index (χ0n) is 8.83. The maximum Gasteiger partial charge on any atom is 0.159 e. The molecule has 0 bridgehead atoms. The average molecular weight is 235 g/mol. The summed E-state index contributed by atoms with van der Waals surface area (Å²) in [6.07, 6.45) is 5.98. The van der Waals surface area contributed by atoms with E-state index in [1.807, 2.05) is 16.8 Å². The molecule has 0 radical (unpaired) electrons. The number of aromatic nitrogens is 3. The third kappa shape index (κ3) is 1.51. The molecule has 1 aliphatic heterocycles. The van der Waals surface area contributed by atoms with Crippen molar-refractivity contribution in [3.8, 4) is 0 Å². The van der Waals surface area contributed by atoms with Crippen molar-refractivity contribution in [2.75, 3.05) is 6.61 Å². The molecule has 2 aromatic heterocycles. The molecule has 0 N–H and O–H groups in total. The van der Waals surface area contributed by atoms with Gasteiger partial charge in [-0.05, 0) is 18.9 Å². The van der Waals surface area contributed by atoms with Gasteiger partial charge in [0.15, 0.2) is 5.65 Å². The van der Waals surface area contributed by atoms with Crippen molar-refractivity contribution >= 4 is 18.3 Å². The van der Waals surface area contributed by atoms with Crippen LogP contribution in [0.15, 0.2) is 18.5 Å². The van der Waals surface area contributed by atoms with Crippen molar-refractivity contribution < 1.29 is 4.74 Å². The molecular weight excluding hydrogens is 222 g/mol. The second kappa shape index (κ2) is 4.07. The molecule has 84 valence electrons. The predicted octanol–water partition coefficient (Wildman–Crippen LogP) is 2.01. The fraction of sp³-hybridized carbons (Fsp3) is 0.455. The first kappa shape index (κ1) is 10.1. The van der Waals surface area contributed by atoms with Crippen LogP contribution in [0.5, 0.6) is 0 Å². The van der Waals surface area contributed by atoms with E-state index >= 15 is 0 Å². The van der Waals surface area contributed by atoms with E-state index < -0.39 is 0 Å². The largest absolute Gasteiger partial charge is 0.372 e. The lowest BCUT2D eigenvalue weighted by Crippen LogP contribution is -1.99. The standard InChI is InChI=1S/C11H13N3OS/c16-7-8-10(9-3-1-6-15-9)13-14-5-2-4-12-11(8)14/h2,4-5,9,16H,1,3,6-7H2. The highest BCUT2D eigenvalue weighted by atomic mass is 32.1. The number of ether oxygens (including phenoxy) is 1. The van der Waals surface area contributed by atoms with Crippen molar-refractivity contribution in [2.45, 2.75) is 24.7 Å². The summed E-state index contributed by atoms with van der Waals surface area (Å²) in [6, 6.07) is 1.88. The number of thiol groups is 1. The fourth-order valence-electron chi connectivity index (χ4n) is 2.16. The lowest BCUT2D eigenvalue weighted by Gasteiger charge is -2.06. The number of rotatable bonds is 2. The topological polar surface area (TPSA) is 39.4 Å². The van der Waals surface area contributed by atoms with Gasteiger partial charge in [0.25, 0.3) is 0 Å². The predicted molar refractivity (Wildman–Crippen MR) is 63.6 cm³/mol. The van der Waals surface area contributed by atoms with E-state index in [1.165, 1.54) is 0 Å². The van der Waals surface area contributed by atoms with Crippen LogP contribution in [0, 0.1) is 0 Å². The van der Waals surface area contributed by atoms with Crippen molar-refractivity contribution in [3.05, 3.63) is 29.7 Å². The Bertz CT molecular complexity index is 505. The zero-order chi connectivity index (χ0) is 11.0. The minimum absolute atomic E-state index is 0.129. The van der Waals surface area contributed by atoms with Gasteiger partial charge in [-0.15, -0.1) is 0 Å². The molecule has 0 spiro atoms. The van der Waals surface area contributed by atoms with Gasteiger partial charge >= 0.3 is 0 Å². The molecule has 0 aromatic carbocycles. The first-order valence-electron chi connectivity index (χ1n) is 5.44. The van der Waals surface area contributed by atoms with Gasteiger partial charge in [-0.25, -0.2) is 9.50 Å². The summed E-state index contributed by atoms with van der Waals surface area (Å²) in [5.74, 6) is 0.649. The van der Waals surface area contributed by atoms with Crippen LogP contribution < -0.4 is 0 Å². The molecule has 3 heterocycles. The van der Waals surface area contributed by atoms with Gasteiger partial charge in [0.05, 0.1) is 5.69 Å². The Morgan fingerprint density at radius 3 is 3.25 bits per heavy atom. The average Bonchev–Trinajstić information content (AvgIpc) is 2.95. The van der Waals surface area contributed by atoms with Gasteiger partial charge < -0.3 is 4.74 Å². The minimum atomic E-state index is 0.129. The normalized spacial score (nSPS) is 20.7. The smallest absolute Gasteiger partial charge is 0.159 e. The number of fused-ring (bicyclic) bond motifs is 1. The van der Waals surface area contributed by atoms with Crippen molar-refractivity contribution in [1.29, 1.82) is 0 Å². The molecule has 2 aromatic rings. The van der Waals surface area contributed by atoms with Crippen LogP contribution >= 0.6 is 12.6 Å². The Morgan fingerprint density at radius 1 is 1.56 bits per heavy atom. The van der Waals surface area contributed by atoms with Crippen LogP contribution in [0.3, 0.4) is 0 Å². The van der Waals surface area contributed by atoms with Crippen LogP contribution in [-0.2, 0) is 10.5 Å². The van der Waals surface area contributed by atoms with E-state index in [0.29, 0.717) is 5.75 Å². The molecule has 1 fully saturated rings. The molecule has 1 saturated heterocycles. The van der Waals surface area contributed by atoms with Gasteiger partial charge in [-0.3, -0.25) is 0 Å². The van der Waals surface area contributed by atoms with Gasteiger partial charge in [-0.1, -0.05) is 0 Å². The van der Waals surface area contributed by atoms with Gasteiger partial charge in [0.1, 0.15) is 6.10 Å². The Labute approximate surface area is 99.0 Å². The molecule has 0 aliphatic carbocycles. The summed E-state index contributed by atoms with van der Waals surface area (Å²) in [5, 5.41) is 4.55. The van der Waals surface area contributed by atoms with Crippen molar-refractivity contribution in [1.82, 2.24) is 14.6 Å². The van der Waals surface area contributed by atoms with Crippen molar-refractivity contribution in [3.63, 3.8) is 0 Å². The molecular formula is C11H13N3OS. The third-order valence-corrected chi connectivity index (χ3v) is 3.23. The fourth-order valence-corrected chi connectivity index (χ4v) is 2.46. The second-order valence-corrected chi connectivity index (χ2v) is 4.23. The SMILES string of the molecule is SCc1c(C2CCCO2)nn2cccnc12. The third-order valence-electron chi connectivity index (χ3n) is 2.91. The summed E-state index contributed by atoms with van der Waals surface area (Å²) in [5.41, 5.74) is 2.99. The summed E-state index contributed by atoms with van der Waals surface area (Å²) in [6.45, 7) is 0.831. The Hall–Kier alpha value is -1.07. The number of hydrogen-bond acceptors (Lipinski definition) is 4. The molecule has 0 saturated carbocycles. The highest BCUT2D eigenvalue weighted by molar-refractivity contribution is 7.79. The van der Waals surface area contributed by atoms with Crippen LogP contribution in [0.1, 0.15) is 30.2 Å². The first-order valence-corrected chi connectivity index (χ1v) is 6.08. The van der Waals surface area contributed by atoms with E-state index in [-0.39, 0.29) is 6.10 Å². The van der Waals surface area contributed by atoms with Gasteiger partial charge in [0, 0.05) is 30.3 Å². The van der Waals surface area contributed by atoms with E-state index in [0.717, 1.165) is 36.4 Å². The number of nitrogens with zero attached hydrogens (tertiary/aromatic N) is 3. The van der Waals surface area contributed by atoms with E-state index in [4.69, 9.17) is 4.74 Å². The summed E-state index contributed by atoms with van der Waals surface area (Å²) in [4.78, 5) is 4.34. The lowest BCUT2D eigenvalue weighted by molar-refractivity contribution is 0.108. The Balaban J connectivity index is 2.15. The monoisotopic (exact) mass is 235 g/mol. The summed E-state index contributed by atoms with van der Waals surface area (Å²) >= 11 is 4.37. The van der Waals surface area contributed by atoms with Crippen LogP contribution in [0.2, 0.25) is 0 Å². The van der Waals surface area contributed by atoms with Gasteiger partial charge in [0.2, 0.25) is 0 Å². The summed E-state index contributed by atoms with van der Waals surface area (Å²) < 4.78 is 7.48. The molecule has 1 aliphatic rings. The quantitative estimate of drug-likeness (QED) is 0.809. The molecule has 5 heteroatoms. The summed E-state index contributed by atoms with van der Waals surface area (Å²) in [7, 11) is 0. The maximum atomic E-state index is 5.67. The molecule has 1 unspecified atom stereocenters. The molecule has 0 amide bonds. The van der Waals surface area contributed by atoms with Crippen LogP contribution in [0.25, 0.3) is 5.65 Å². The second-order valence-electron chi connectivity index (χ2n) is 3.91. The van der Waals surface area contributed by atoms with E-state index in [9.17, 15) is 0 Å². The van der Waals surface area contributed by atoms with Crippen LogP contribution in [0.4, 0.5) is 0 Å². The van der Waals surface area contributed by atoms with E-state index in [2.05, 4.69) is 22.7 Å². The maximum absolute atomic E-state index is 5.67. The van der Waals surface area contributed by atoms with Crippen molar-refractivity contribution in [2.24, 2.45) is 0 Å². The van der Waals surface area contributed by atoms with Gasteiger partial charge in [-0.2, -0.15) is 17.7 Å². The highest BCUT2D eigenvalue weighted by Gasteiger charge is 2.25. The Morgan fingerprint density at radius 2 is 2.50 bits per heavy atom. The molecule has 4 nitrogen and oxygen atoms in total. The first-order chi connectivity index (χ1) is 7.90. The zero-order valence-corrected chi connectivity index (χ0v) is 9.73. The number of hydrogen-bond donors (Lipinski definition) is 1. The lowest BCUT2D eigenvalue weighted by atomic mass is 10.1. The molecule has 3 rings (SSSR count).